The Morgan fingerprint density at radius 2 is 1.71 bits per heavy atom. The van der Waals surface area contributed by atoms with Gasteiger partial charge in [-0.1, -0.05) is 42.0 Å². The van der Waals surface area contributed by atoms with E-state index in [0.717, 1.165) is 23.3 Å². The van der Waals surface area contributed by atoms with Crippen LogP contribution in [0.5, 0.6) is 0 Å². The van der Waals surface area contributed by atoms with Gasteiger partial charge in [-0.2, -0.15) is 0 Å². The van der Waals surface area contributed by atoms with Gasteiger partial charge in [0.2, 0.25) is 5.91 Å². The van der Waals surface area contributed by atoms with E-state index in [9.17, 15) is 9.00 Å². The largest absolute Gasteiger partial charge is 0.350 e. The van der Waals surface area contributed by atoms with E-state index in [1.54, 1.807) is 6.26 Å². The van der Waals surface area contributed by atoms with Gasteiger partial charge < -0.3 is 5.32 Å². The molecule has 24 heavy (non-hydrogen) atoms. The van der Waals surface area contributed by atoms with Gasteiger partial charge in [0.05, 0.1) is 6.04 Å². The number of benzene rings is 2. The minimum absolute atomic E-state index is 0.0452. The van der Waals surface area contributed by atoms with Gasteiger partial charge in [0.1, 0.15) is 0 Å². The number of carbonyl (C=O) groups excluding carboxylic acids is 1. The van der Waals surface area contributed by atoms with Gasteiger partial charge in [-0.15, -0.1) is 0 Å². The molecule has 0 saturated heterocycles. The molecule has 2 rings (SSSR count). The number of hydrogen-bond donors (Lipinski definition) is 1. The maximum Gasteiger partial charge on any atom is 0.220 e. The van der Waals surface area contributed by atoms with Crippen molar-refractivity contribution in [3.63, 3.8) is 0 Å². The van der Waals surface area contributed by atoms with Crippen molar-refractivity contribution >= 4 is 16.7 Å². The summed E-state index contributed by atoms with van der Waals surface area (Å²) in [5.74, 6) is 0.0674. The highest BCUT2D eigenvalue weighted by Crippen LogP contribution is 2.15. The topological polar surface area (TPSA) is 46.2 Å². The van der Waals surface area contributed by atoms with Crippen molar-refractivity contribution in [2.45, 2.75) is 44.0 Å². The number of amides is 1. The maximum atomic E-state index is 12.1. The quantitative estimate of drug-likeness (QED) is 0.828. The number of carbonyl (C=O) groups is 1. The van der Waals surface area contributed by atoms with Crippen LogP contribution in [0, 0.1) is 6.92 Å². The van der Waals surface area contributed by atoms with Crippen molar-refractivity contribution in [1.82, 2.24) is 5.32 Å². The Morgan fingerprint density at radius 3 is 2.29 bits per heavy atom. The van der Waals surface area contributed by atoms with E-state index in [4.69, 9.17) is 0 Å². The Morgan fingerprint density at radius 1 is 1.08 bits per heavy atom. The molecular formula is C20H25NO2S. The molecule has 0 fully saturated rings. The first kappa shape index (κ1) is 18.4. The summed E-state index contributed by atoms with van der Waals surface area (Å²) >= 11 is 0. The van der Waals surface area contributed by atoms with Crippen LogP contribution < -0.4 is 5.32 Å². The van der Waals surface area contributed by atoms with E-state index in [2.05, 4.69) is 36.5 Å². The summed E-state index contributed by atoms with van der Waals surface area (Å²) in [6.45, 7) is 4.04. The van der Waals surface area contributed by atoms with Gasteiger partial charge >= 0.3 is 0 Å². The molecule has 2 aromatic carbocycles. The van der Waals surface area contributed by atoms with Crippen molar-refractivity contribution in [3.8, 4) is 0 Å². The first-order chi connectivity index (χ1) is 11.5. The first-order valence-corrected chi connectivity index (χ1v) is 9.80. The van der Waals surface area contributed by atoms with Gasteiger partial charge in [0.15, 0.2) is 0 Å². The standard InChI is InChI=1S/C20H25NO2S/c1-15-7-9-17(10-8-15)5-4-6-20(22)21-16(2)18-11-13-19(14-12-18)24(3)23/h7-14,16H,4-6H2,1-3H3,(H,21,22)/t16-,24-/m0/s1. The van der Waals surface area contributed by atoms with Crippen LogP contribution in [0.4, 0.5) is 0 Å². The molecule has 4 heteroatoms. The van der Waals surface area contributed by atoms with Gasteiger partial charge in [-0.05, 0) is 49.9 Å². The van der Waals surface area contributed by atoms with Gasteiger partial charge in [0.25, 0.3) is 0 Å². The van der Waals surface area contributed by atoms with Gasteiger partial charge in [0, 0.05) is 28.4 Å². The minimum atomic E-state index is -0.973. The minimum Gasteiger partial charge on any atom is -0.350 e. The number of nitrogens with one attached hydrogen (secondary N) is 1. The Kier molecular flexibility index (Phi) is 6.73. The second kappa shape index (κ2) is 8.78. The molecule has 1 amide bonds. The molecule has 3 nitrogen and oxygen atoms in total. The Labute approximate surface area is 146 Å². The average Bonchev–Trinajstić information content (AvgIpc) is 2.56. The number of rotatable bonds is 7. The van der Waals surface area contributed by atoms with Crippen LogP contribution >= 0.6 is 0 Å². The number of aryl methyl sites for hydroxylation is 2. The maximum absolute atomic E-state index is 12.1. The fourth-order valence-corrected chi connectivity index (χ4v) is 3.07. The zero-order valence-electron chi connectivity index (χ0n) is 14.5. The average molecular weight is 343 g/mol. The molecule has 0 spiro atoms. The van der Waals surface area contributed by atoms with Crippen molar-refractivity contribution in [2.75, 3.05) is 6.26 Å². The molecule has 128 valence electrons. The van der Waals surface area contributed by atoms with E-state index < -0.39 is 10.8 Å². The molecule has 1 N–H and O–H groups in total. The summed E-state index contributed by atoms with van der Waals surface area (Å²) in [5.41, 5.74) is 3.55. The van der Waals surface area contributed by atoms with Crippen molar-refractivity contribution in [2.24, 2.45) is 0 Å². The Bertz CT molecular complexity index is 693. The molecule has 0 aromatic heterocycles. The molecule has 0 bridgehead atoms. The summed E-state index contributed by atoms with van der Waals surface area (Å²) in [7, 11) is -0.973. The zero-order valence-corrected chi connectivity index (χ0v) is 15.4. The fourth-order valence-electron chi connectivity index (χ4n) is 2.55. The third-order valence-electron chi connectivity index (χ3n) is 4.08. The van der Waals surface area contributed by atoms with Crippen molar-refractivity contribution in [1.29, 1.82) is 0 Å². The third kappa shape index (κ3) is 5.60. The summed E-state index contributed by atoms with van der Waals surface area (Å²) in [4.78, 5) is 12.9. The molecule has 0 saturated carbocycles. The lowest BCUT2D eigenvalue weighted by atomic mass is 10.1. The lowest BCUT2D eigenvalue weighted by Crippen LogP contribution is -2.26. The van der Waals surface area contributed by atoms with Crippen molar-refractivity contribution < 1.29 is 9.00 Å². The van der Waals surface area contributed by atoms with Gasteiger partial charge in [-0.3, -0.25) is 9.00 Å². The molecule has 0 aliphatic carbocycles. The predicted molar refractivity (Wildman–Crippen MR) is 99.4 cm³/mol. The first-order valence-electron chi connectivity index (χ1n) is 8.24. The van der Waals surface area contributed by atoms with Crippen LogP contribution in [0.1, 0.15) is 42.5 Å². The fraction of sp³-hybridized carbons (Fsp3) is 0.350. The van der Waals surface area contributed by atoms with Crippen LogP contribution in [-0.2, 0) is 22.0 Å². The molecule has 0 unspecified atom stereocenters. The smallest absolute Gasteiger partial charge is 0.220 e. The van der Waals surface area contributed by atoms with Crippen LogP contribution in [-0.4, -0.2) is 16.4 Å². The lowest BCUT2D eigenvalue weighted by molar-refractivity contribution is -0.121. The molecule has 0 heterocycles. The second-order valence-corrected chi connectivity index (χ2v) is 7.53. The third-order valence-corrected chi connectivity index (χ3v) is 5.02. The highest BCUT2D eigenvalue weighted by atomic mass is 32.2. The Balaban J connectivity index is 1.78. The molecule has 0 aliphatic heterocycles. The Hall–Kier alpha value is -1.94. The number of hydrogen-bond acceptors (Lipinski definition) is 2. The molecular weight excluding hydrogens is 318 g/mol. The van der Waals surface area contributed by atoms with E-state index in [-0.39, 0.29) is 11.9 Å². The monoisotopic (exact) mass is 343 g/mol. The highest BCUT2D eigenvalue weighted by Gasteiger charge is 2.10. The molecule has 0 radical (unpaired) electrons. The van der Waals surface area contributed by atoms with Crippen LogP contribution in [0.15, 0.2) is 53.4 Å². The lowest BCUT2D eigenvalue weighted by Gasteiger charge is -2.14. The summed E-state index contributed by atoms with van der Waals surface area (Å²) < 4.78 is 11.4. The summed E-state index contributed by atoms with van der Waals surface area (Å²) in [5, 5.41) is 3.03. The zero-order chi connectivity index (χ0) is 17.5. The van der Waals surface area contributed by atoms with E-state index in [1.807, 2.05) is 31.2 Å². The van der Waals surface area contributed by atoms with Gasteiger partial charge in [-0.25, -0.2) is 0 Å². The normalized spacial score (nSPS) is 13.3. The molecule has 2 atom stereocenters. The van der Waals surface area contributed by atoms with E-state index in [1.165, 1.54) is 11.1 Å². The summed E-state index contributed by atoms with van der Waals surface area (Å²) in [6, 6.07) is 16.0. The van der Waals surface area contributed by atoms with E-state index in [0.29, 0.717) is 6.42 Å². The van der Waals surface area contributed by atoms with Crippen molar-refractivity contribution in [3.05, 3.63) is 65.2 Å². The second-order valence-electron chi connectivity index (χ2n) is 6.15. The molecule has 2 aromatic rings. The summed E-state index contributed by atoms with van der Waals surface area (Å²) in [6.07, 6.45) is 3.94. The predicted octanol–water partition coefficient (Wildman–Crippen LogP) is 3.93. The van der Waals surface area contributed by atoms with Crippen LogP contribution in [0.3, 0.4) is 0 Å². The highest BCUT2D eigenvalue weighted by molar-refractivity contribution is 7.84. The van der Waals surface area contributed by atoms with E-state index >= 15 is 0 Å². The molecule has 0 aliphatic rings. The van der Waals surface area contributed by atoms with Crippen LogP contribution in [0.2, 0.25) is 0 Å². The SMILES string of the molecule is Cc1ccc(CCCC(=O)N[C@@H](C)c2ccc([S@](C)=O)cc2)cc1. The van der Waals surface area contributed by atoms with Crippen LogP contribution in [0.25, 0.3) is 0 Å².